The predicted octanol–water partition coefficient (Wildman–Crippen LogP) is 7.42. The molecule has 2 aromatic heterocycles. The zero-order valence-corrected chi connectivity index (χ0v) is 28.2. The van der Waals surface area contributed by atoms with Crippen molar-refractivity contribution in [1.29, 1.82) is 0 Å². The van der Waals surface area contributed by atoms with Crippen LogP contribution in [0.25, 0.3) is 33.9 Å². The van der Waals surface area contributed by atoms with Crippen molar-refractivity contribution in [1.82, 2.24) is 9.55 Å². The molecule has 0 saturated heterocycles. The van der Waals surface area contributed by atoms with Gasteiger partial charge in [-0.1, -0.05) is 95.8 Å². The molecule has 6 nitrogen and oxygen atoms in total. The summed E-state index contributed by atoms with van der Waals surface area (Å²) < 4.78 is 7.82. The van der Waals surface area contributed by atoms with Crippen LogP contribution in [0.3, 0.4) is 0 Å². The van der Waals surface area contributed by atoms with Gasteiger partial charge in [-0.05, 0) is 68.0 Å². The average Bonchev–Trinajstić information content (AvgIpc) is 3.61. The first-order chi connectivity index (χ1) is 22.9. The van der Waals surface area contributed by atoms with Crippen molar-refractivity contribution in [2.45, 2.75) is 31.7 Å². The number of ether oxygens (including phenoxy) is 1. The van der Waals surface area contributed by atoms with Gasteiger partial charge in [-0.15, -0.1) is 11.8 Å². The van der Waals surface area contributed by atoms with E-state index >= 15 is 0 Å². The highest BCUT2D eigenvalue weighted by atomic mass is 32.2. The number of hydrogen-bond acceptors (Lipinski definition) is 6. The number of aromatic nitrogens is 2. The fourth-order valence-electron chi connectivity index (χ4n) is 6.33. The molecule has 234 valence electrons. The van der Waals surface area contributed by atoms with E-state index in [1.165, 1.54) is 11.3 Å². The summed E-state index contributed by atoms with van der Waals surface area (Å²) in [5, 5.41) is 1.05. The van der Waals surface area contributed by atoms with Crippen molar-refractivity contribution < 1.29 is 9.53 Å². The lowest BCUT2D eigenvalue weighted by molar-refractivity contribution is -0.138. The number of fused-ring (bicyclic) bond motifs is 2. The molecule has 1 atom stereocenters. The number of nitrogens with zero attached hydrogens (tertiary/aromatic N) is 2. The molecule has 8 heteroatoms. The molecule has 1 N–H and O–H groups in total. The Bertz CT molecular complexity index is 2350. The lowest BCUT2D eigenvalue weighted by Crippen LogP contribution is -2.40. The lowest BCUT2D eigenvalue weighted by atomic mass is 9.93. The first kappa shape index (κ1) is 30.7. The topological polar surface area (TPSA) is 76.4 Å². The van der Waals surface area contributed by atoms with E-state index in [2.05, 4.69) is 43.1 Å². The second kappa shape index (κ2) is 12.7. The minimum atomic E-state index is -0.723. The van der Waals surface area contributed by atoms with Gasteiger partial charge in [0.25, 0.3) is 5.56 Å². The van der Waals surface area contributed by atoms with Crippen molar-refractivity contribution in [3.8, 4) is 11.3 Å². The number of aromatic amines is 1. The van der Waals surface area contributed by atoms with Crippen LogP contribution in [-0.4, -0.2) is 28.4 Å². The summed E-state index contributed by atoms with van der Waals surface area (Å²) >= 11 is 2.97. The molecule has 0 amide bonds. The van der Waals surface area contributed by atoms with Gasteiger partial charge in [-0.3, -0.25) is 9.36 Å². The molecule has 0 bridgehead atoms. The molecule has 7 rings (SSSR count). The molecule has 4 aromatic carbocycles. The van der Waals surface area contributed by atoms with Gasteiger partial charge in [-0.2, -0.15) is 0 Å². The number of rotatable bonds is 7. The van der Waals surface area contributed by atoms with Crippen molar-refractivity contribution in [2.75, 3.05) is 12.9 Å². The van der Waals surface area contributed by atoms with Gasteiger partial charge in [0.1, 0.15) is 0 Å². The normalized spacial score (nSPS) is 14.7. The zero-order valence-electron chi connectivity index (χ0n) is 26.5. The van der Waals surface area contributed by atoms with Crippen LogP contribution < -0.4 is 14.9 Å². The van der Waals surface area contributed by atoms with E-state index in [0.717, 1.165) is 54.9 Å². The fourth-order valence-corrected chi connectivity index (χ4v) is 7.72. The molecule has 6 aromatic rings. The van der Waals surface area contributed by atoms with E-state index in [1.54, 1.807) is 23.3 Å². The van der Waals surface area contributed by atoms with Crippen LogP contribution in [-0.2, 0) is 9.53 Å². The average molecular weight is 656 g/mol. The third-order valence-electron chi connectivity index (χ3n) is 8.43. The standard InChI is InChI=1S/C39H33N3O3S2/c1-5-45-38(44)32-35(26-14-10-7-11-15-26)41-39-42(36(32)27-16-18-28(46-4)19-17-27)37(43)31(47-39)22-30-29-21-23(2)20-24(3)33(29)40-34(30)25-12-8-6-9-13-25/h6-22,36,40H,5H2,1-4H3/b31-22-/t36-/m0/s1. The summed E-state index contributed by atoms with van der Waals surface area (Å²) in [5.74, 6) is -0.489. The second-order valence-electron chi connectivity index (χ2n) is 11.5. The summed E-state index contributed by atoms with van der Waals surface area (Å²) in [5.41, 5.74) is 8.48. The molecule has 0 fully saturated rings. The van der Waals surface area contributed by atoms with E-state index in [0.29, 0.717) is 20.6 Å². The van der Waals surface area contributed by atoms with E-state index in [1.807, 2.05) is 85.1 Å². The maximum absolute atomic E-state index is 14.6. The van der Waals surface area contributed by atoms with Crippen molar-refractivity contribution in [3.63, 3.8) is 0 Å². The third kappa shape index (κ3) is 5.58. The van der Waals surface area contributed by atoms with Crippen LogP contribution in [0, 0.1) is 13.8 Å². The first-order valence-electron chi connectivity index (χ1n) is 15.5. The molecular weight excluding hydrogens is 623 g/mol. The number of benzene rings is 4. The summed E-state index contributed by atoms with van der Waals surface area (Å²) in [7, 11) is 0. The summed E-state index contributed by atoms with van der Waals surface area (Å²) in [6.45, 7) is 6.17. The van der Waals surface area contributed by atoms with Gasteiger partial charge in [-0.25, -0.2) is 9.79 Å². The number of carbonyl (C=O) groups excluding carboxylic acids is 1. The van der Waals surface area contributed by atoms with E-state index < -0.39 is 12.0 Å². The van der Waals surface area contributed by atoms with Gasteiger partial charge in [0.15, 0.2) is 4.80 Å². The Morgan fingerprint density at radius 2 is 1.66 bits per heavy atom. The lowest BCUT2D eigenvalue weighted by Gasteiger charge is -2.26. The Hall–Kier alpha value is -4.92. The number of carbonyl (C=O) groups is 1. The van der Waals surface area contributed by atoms with Crippen molar-refractivity contribution >= 4 is 51.7 Å². The number of H-pyrrole nitrogens is 1. The Morgan fingerprint density at radius 1 is 0.979 bits per heavy atom. The molecule has 0 saturated carbocycles. The van der Waals surface area contributed by atoms with E-state index in [4.69, 9.17) is 9.73 Å². The maximum Gasteiger partial charge on any atom is 0.338 e. The van der Waals surface area contributed by atoms with Gasteiger partial charge in [0.05, 0.1) is 34.1 Å². The van der Waals surface area contributed by atoms with Crippen LogP contribution >= 0.6 is 23.1 Å². The molecule has 0 spiro atoms. The van der Waals surface area contributed by atoms with Crippen molar-refractivity contribution in [2.24, 2.45) is 4.99 Å². The van der Waals surface area contributed by atoms with Crippen molar-refractivity contribution in [3.05, 3.63) is 150 Å². The SMILES string of the molecule is CCOC(=O)C1=C(c2ccccc2)N=c2s/c(=C\c3c(-c4ccccc4)[nH]c4c(C)cc(C)cc34)c(=O)n2[C@H]1c1ccc(SC)cc1. The maximum atomic E-state index is 14.6. The third-order valence-corrected chi connectivity index (χ3v) is 10.2. The second-order valence-corrected chi connectivity index (χ2v) is 13.4. The number of thioether (sulfide) groups is 1. The monoisotopic (exact) mass is 655 g/mol. The highest BCUT2D eigenvalue weighted by molar-refractivity contribution is 7.98. The van der Waals surface area contributed by atoms with Gasteiger partial charge in [0, 0.05) is 26.9 Å². The fraction of sp³-hybridized carbons (Fsp3) is 0.154. The van der Waals surface area contributed by atoms with Crippen LogP contribution in [0.2, 0.25) is 0 Å². The van der Waals surface area contributed by atoms with Crippen LogP contribution in [0.1, 0.15) is 40.8 Å². The highest BCUT2D eigenvalue weighted by Crippen LogP contribution is 2.36. The molecule has 0 aliphatic carbocycles. The smallest absolute Gasteiger partial charge is 0.338 e. The van der Waals surface area contributed by atoms with Gasteiger partial charge in [0.2, 0.25) is 0 Å². The van der Waals surface area contributed by atoms with Gasteiger partial charge < -0.3 is 9.72 Å². The quantitative estimate of drug-likeness (QED) is 0.144. The number of thiazole rings is 1. The summed E-state index contributed by atoms with van der Waals surface area (Å²) in [6.07, 6.45) is 4.00. The van der Waals surface area contributed by atoms with E-state index in [9.17, 15) is 9.59 Å². The van der Waals surface area contributed by atoms with Gasteiger partial charge >= 0.3 is 5.97 Å². The first-order valence-corrected chi connectivity index (χ1v) is 17.5. The number of esters is 1. The molecule has 0 radical (unpaired) electrons. The minimum Gasteiger partial charge on any atom is -0.463 e. The molecule has 1 aliphatic heterocycles. The van der Waals surface area contributed by atoms with Crippen LogP contribution in [0.4, 0.5) is 0 Å². The van der Waals surface area contributed by atoms with Crippen LogP contribution in [0.5, 0.6) is 0 Å². The zero-order chi connectivity index (χ0) is 32.7. The molecule has 1 aliphatic rings. The molecular formula is C39H33N3O3S2. The van der Waals surface area contributed by atoms with Crippen LogP contribution in [0.15, 0.2) is 117 Å². The molecule has 47 heavy (non-hydrogen) atoms. The number of hydrogen-bond donors (Lipinski definition) is 1. The Balaban J connectivity index is 1.54. The summed E-state index contributed by atoms with van der Waals surface area (Å²) in [6, 6.07) is 31.4. The van der Waals surface area contributed by atoms with E-state index in [-0.39, 0.29) is 12.2 Å². The number of nitrogens with one attached hydrogen (secondary N) is 1. The highest BCUT2D eigenvalue weighted by Gasteiger charge is 2.35. The summed E-state index contributed by atoms with van der Waals surface area (Å²) in [4.78, 5) is 38.7. The molecule has 3 heterocycles. The minimum absolute atomic E-state index is 0.203. The number of aryl methyl sites for hydroxylation is 2. The Labute approximate surface area is 280 Å². The Kier molecular flexibility index (Phi) is 8.30. The Morgan fingerprint density at radius 3 is 2.32 bits per heavy atom. The predicted molar refractivity (Wildman–Crippen MR) is 192 cm³/mol. The molecule has 0 unspecified atom stereocenters. The largest absolute Gasteiger partial charge is 0.463 e.